The Bertz CT molecular complexity index is 230. The van der Waals surface area contributed by atoms with Crippen LogP contribution < -0.4 is 4.74 Å². The molecular formula is C11H15O. The van der Waals surface area contributed by atoms with Crippen molar-refractivity contribution in [2.75, 3.05) is 7.11 Å². The number of benzene rings is 1. The van der Waals surface area contributed by atoms with Gasteiger partial charge < -0.3 is 4.74 Å². The second-order valence-electron chi connectivity index (χ2n) is 2.75. The lowest BCUT2D eigenvalue weighted by molar-refractivity contribution is 0.414. The summed E-state index contributed by atoms with van der Waals surface area (Å²) in [4.78, 5) is 0. The van der Waals surface area contributed by atoms with Gasteiger partial charge in [0.15, 0.2) is 0 Å². The van der Waals surface area contributed by atoms with Crippen molar-refractivity contribution in [3.8, 4) is 5.75 Å². The molecule has 0 N–H and O–H groups in total. The van der Waals surface area contributed by atoms with Crippen LogP contribution in [0.2, 0.25) is 0 Å². The third kappa shape index (κ3) is 2.57. The Kier molecular flexibility index (Phi) is 3.65. The molecule has 0 aliphatic heterocycles. The zero-order valence-electron chi connectivity index (χ0n) is 7.71. The molecule has 0 saturated carbocycles. The Morgan fingerprint density at radius 1 is 1.42 bits per heavy atom. The summed E-state index contributed by atoms with van der Waals surface area (Å²) in [5.74, 6) is 0.942. The van der Waals surface area contributed by atoms with E-state index < -0.39 is 0 Å². The van der Waals surface area contributed by atoms with Crippen LogP contribution in [0.5, 0.6) is 5.75 Å². The largest absolute Gasteiger partial charge is 0.497 e. The molecule has 1 aromatic carbocycles. The quantitative estimate of drug-likeness (QED) is 0.663. The van der Waals surface area contributed by atoms with E-state index in [0.717, 1.165) is 18.6 Å². The third-order valence-corrected chi connectivity index (χ3v) is 1.80. The first-order valence-electron chi connectivity index (χ1n) is 4.31. The van der Waals surface area contributed by atoms with Crippen LogP contribution in [0, 0.1) is 6.42 Å². The molecule has 0 unspecified atom stereocenters. The van der Waals surface area contributed by atoms with Crippen LogP contribution in [-0.2, 0) is 6.42 Å². The first kappa shape index (κ1) is 9.11. The fourth-order valence-electron chi connectivity index (χ4n) is 1.11. The normalized spacial score (nSPS) is 9.83. The summed E-state index contributed by atoms with van der Waals surface area (Å²) in [5, 5.41) is 0. The van der Waals surface area contributed by atoms with Crippen molar-refractivity contribution < 1.29 is 4.74 Å². The monoisotopic (exact) mass is 163 g/mol. The minimum atomic E-state index is 0.942. The van der Waals surface area contributed by atoms with Gasteiger partial charge in [-0.25, -0.2) is 0 Å². The molecule has 0 spiro atoms. The van der Waals surface area contributed by atoms with E-state index in [4.69, 9.17) is 4.74 Å². The van der Waals surface area contributed by atoms with Gasteiger partial charge in [-0.2, -0.15) is 0 Å². The molecule has 0 saturated heterocycles. The molecule has 1 nitrogen and oxygen atoms in total. The van der Waals surface area contributed by atoms with E-state index in [1.54, 1.807) is 7.11 Å². The zero-order chi connectivity index (χ0) is 8.81. The SMILES string of the molecule is CC[CH]Cc1cccc(OC)c1. The lowest BCUT2D eigenvalue weighted by atomic mass is 10.1. The van der Waals surface area contributed by atoms with E-state index in [2.05, 4.69) is 25.5 Å². The molecule has 1 radical (unpaired) electrons. The highest BCUT2D eigenvalue weighted by Crippen LogP contribution is 2.13. The van der Waals surface area contributed by atoms with Crippen LogP contribution in [0.25, 0.3) is 0 Å². The number of methoxy groups -OCH3 is 1. The van der Waals surface area contributed by atoms with E-state index >= 15 is 0 Å². The zero-order valence-corrected chi connectivity index (χ0v) is 7.71. The topological polar surface area (TPSA) is 9.23 Å². The van der Waals surface area contributed by atoms with Gasteiger partial charge in [-0.15, -0.1) is 0 Å². The lowest BCUT2D eigenvalue weighted by Gasteiger charge is -2.02. The van der Waals surface area contributed by atoms with Gasteiger partial charge >= 0.3 is 0 Å². The molecule has 65 valence electrons. The van der Waals surface area contributed by atoms with E-state index in [1.807, 2.05) is 12.1 Å². The Morgan fingerprint density at radius 2 is 2.25 bits per heavy atom. The number of unbranched alkanes of at least 4 members (excludes halogenated alkanes) is 1. The first-order chi connectivity index (χ1) is 5.86. The maximum atomic E-state index is 5.12. The highest BCUT2D eigenvalue weighted by atomic mass is 16.5. The van der Waals surface area contributed by atoms with E-state index in [0.29, 0.717) is 0 Å². The molecule has 1 rings (SSSR count). The number of rotatable bonds is 4. The van der Waals surface area contributed by atoms with Gasteiger partial charge in [-0.3, -0.25) is 0 Å². The number of hydrogen-bond donors (Lipinski definition) is 0. The van der Waals surface area contributed by atoms with Crippen molar-refractivity contribution in [1.82, 2.24) is 0 Å². The van der Waals surface area contributed by atoms with Gasteiger partial charge in [0.25, 0.3) is 0 Å². The highest BCUT2D eigenvalue weighted by Gasteiger charge is 1.94. The Labute approximate surface area is 74.4 Å². The van der Waals surface area contributed by atoms with Gasteiger partial charge in [-0.05, 0) is 30.5 Å². The predicted octanol–water partition coefficient (Wildman–Crippen LogP) is 2.85. The molecule has 0 atom stereocenters. The van der Waals surface area contributed by atoms with E-state index in [1.165, 1.54) is 5.56 Å². The standard InChI is InChI=1S/C11H15O/c1-3-4-6-10-7-5-8-11(9-10)12-2/h4-5,7-9H,3,6H2,1-2H3. The summed E-state index contributed by atoms with van der Waals surface area (Å²) in [5.41, 5.74) is 1.32. The van der Waals surface area contributed by atoms with Crippen LogP contribution >= 0.6 is 0 Å². The van der Waals surface area contributed by atoms with Crippen molar-refractivity contribution >= 4 is 0 Å². The Morgan fingerprint density at radius 3 is 2.92 bits per heavy atom. The van der Waals surface area contributed by atoms with Gasteiger partial charge in [0.1, 0.15) is 5.75 Å². The maximum absolute atomic E-state index is 5.12. The Balaban J connectivity index is 2.60. The van der Waals surface area contributed by atoms with E-state index in [-0.39, 0.29) is 0 Å². The first-order valence-corrected chi connectivity index (χ1v) is 4.31. The summed E-state index contributed by atoms with van der Waals surface area (Å²) in [6, 6.07) is 8.19. The van der Waals surface area contributed by atoms with Gasteiger partial charge in [0, 0.05) is 0 Å². The molecule has 0 aliphatic rings. The van der Waals surface area contributed by atoms with Crippen molar-refractivity contribution in [1.29, 1.82) is 0 Å². The highest BCUT2D eigenvalue weighted by molar-refractivity contribution is 5.29. The number of hydrogen-bond acceptors (Lipinski definition) is 1. The van der Waals surface area contributed by atoms with Crippen LogP contribution in [0.4, 0.5) is 0 Å². The van der Waals surface area contributed by atoms with E-state index in [9.17, 15) is 0 Å². The van der Waals surface area contributed by atoms with Crippen molar-refractivity contribution in [2.45, 2.75) is 19.8 Å². The summed E-state index contributed by atoms with van der Waals surface area (Å²) in [7, 11) is 1.70. The fourth-order valence-corrected chi connectivity index (χ4v) is 1.11. The maximum Gasteiger partial charge on any atom is 0.119 e. The van der Waals surface area contributed by atoms with Crippen LogP contribution in [0.3, 0.4) is 0 Å². The molecule has 1 heteroatoms. The van der Waals surface area contributed by atoms with Crippen LogP contribution in [-0.4, -0.2) is 7.11 Å². The Hall–Kier alpha value is -0.980. The molecule has 1 aromatic rings. The van der Waals surface area contributed by atoms with Crippen molar-refractivity contribution in [3.05, 3.63) is 36.2 Å². The predicted molar refractivity (Wildman–Crippen MR) is 51.3 cm³/mol. The van der Waals surface area contributed by atoms with Gasteiger partial charge in [0.2, 0.25) is 0 Å². The molecule has 0 aromatic heterocycles. The van der Waals surface area contributed by atoms with Crippen LogP contribution in [0.1, 0.15) is 18.9 Å². The summed E-state index contributed by atoms with van der Waals surface area (Å²) in [6.07, 6.45) is 4.42. The molecule has 0 bridgehead atoms. The van der Waals surface area contributed by atoms with Gasteiger partial charge in [0.05, 0.1) is 7.11 Å². The van der Waals surface area contributed by atoms with Gasteiger partial charge in [-0.1, -0.05) is 25.5 Å². The summed E-state index contributed by atoms with van der Waals surface area (Å²) < 4.78 is 5.12. The lowest BCUT2D eigenvalue weighted by Crippen LogP contribution is -1.87. The molecule has 12 heavy (non-hydrogen) atoms. The fraction of sp³-hybridized carbons (Fsp3) is 0.364. The van der Waals surface area contributed by atoms with Crippen molar-refractivity contribution in [3.63, 3.8) is 0 Å². The second kappa shape index (κ2) is 4.81. The second-order valence-corrected chi connectivity index (χ2v) is 2.75. The average Bonchev–Trinajstić information content (AvgIpc) is 2.15. The third-order valence-electron chi connectivity index (χ3n) is 1.80. The molecule has 0 amide bonds. The summed E-state index contributed by atoms with van der Waals surface area (Å²) in [6.45, 7) is 2.15. The minimum absolute atomic E-state index is 0.942. The van der Waals surface area contributed by atoms with Crippen LogP contribution in [0.15, 0.2) is 24.3 Å². The molecule has 0 heterocycles. The molecular weight excluding hydrogens is 148 g/mol. The molecule has 0 fully saturated rings. The molecule has 0 aliphatic carbocycles. The summed E-state index contributed by atoms with van der Waals surface area (Å²) >= 11 is 0. The smallest absolute Gasteiger partial charge is 0.119 e. The number of ether oxygens (including phenoxy) is 1. The average molecular weight is 163 g/mol. The minimum Gasteiger partial charge on any atom is -0.497 e. The van der Waals surface area contributed by atoms with Crippen molar-refractivity contribution in [2.24, 2.45) is 0 Å².